The first-order valence-corrected chi connectivity index (χ1v) is 6.22. The molecule has 0 atom stereocenters. The highest BCUT2D eigenvalue weighted by Crippen LogP contribution is 2.34. The predicted molar refractivity (Wildman–Crippen MR) is 68.6 cm³/mol. The Balaban J connectivity index is 2.15. The van der Waals surface area contributed by atoms with Crippen LogP contribution >= 0.6 is 0 Å². The van der Waals surface area contributed by atoms with Gasteiger partial charge in [-0.3, -0.25) is 10.1 Å². The zero-order valence-corrected chi connectivity index (χ0v) is 10.8. The molecule has 1 aliphatic carbocycles. The standard InChI is InChI=1S/C13H17NO5/c1-18-10-4-5-11(14(16)17)12(8-10)19-9-13(15)6-2-3-7-13/h4-5,8,15H,2-3,6-7,9H2,1H3. The lowest BCUT2D eigenvalue weighted by Crippen LogP contribution is -2.32. The van der Waals surface area contributed by atoms with Gasteiger partial charge >= 0.3 is 5.69 Å². The second-order valence-electron chi connectivity index (χ2n) is 4.81. The van der Waals surface area contributed by atoms with Crippen LogP contribution in [0.15, 0.2) is 18.2 Å². The molecule has 19 heavy (non-hydrogen) atoms. The van der Waals surface area contributed by atoms with Crippen molar-refractivity contribution >= 4 is 5.69 Å². The van der Waals surface area contributed by atoms with Gasteiger partial charge in [0.2, 0.25) is 5.75 Å². The third kappa shape index (κ3) is 3.14. The van der Waals surface area contributed by atoms with Gasteiger partial charge in [0.05, 0.1) is 17.6 Å². The van der Waals surface area contributed by atoms with E-state index in [1.807, 2.05) is 0 Å². The van der Waals surface area contributed by atoms with Crippen LogP contribution in [0, 0.1) is 10.1 Å². The molecular weight excluding hydrogens is 250 g/mol. The predicted octanol–water partition coefficient (Wildman–Crippen LogP) is 2.29. The van der Waals surface area contributed by atoms with Crippen LogP contribution in [0.4, 0.5) is 5.69 Å². The average Bonchev–Trinajstić information content (AvgIpc) is 2.83. The van der Waals surface area contributed by atoms with Gasteiger partial charge in [-0.25, -0.2) is 0 Å². The summed E-state index contributed by atoms with van der Waals surface area (Å²) in [6.07, 6.45) is 3.26. The van der Waals surface area contributed by atoms with Crippen molar-refractivity contribution in [1.82, 2.24) is 0 Å². The van der Waals surface area contributed by atoms with E-state index in [1.165, 1.54) is 25.3 Å². The summed E-state index contributed by atoms with van der Waals surface area (Å²) >= 11 is 0. The van der Waals surface area contributed by atoms with E-state index in [1.54, 1.807) is 0 Å². The van der Waals surface area contributed by atoms with Crippen molar-refractivity contribution in [3.8, 4) is 11.5 Å². The number of methoxy groups -OCH3 is 1. The maximum Gasteiger partial charge on any atom is 0.311 e. The normalized spacial score (nSPS) is 17.2. The summed E-state index contributed by atoms with van der Waals surface area (Å²) in [6, 6.07) is 4.32. The van der Waals surface area contributed by atoms with Crippen molar-refractivity contribution in [1.29, 1.82) is 0 Å². The minimum absolute atomic E-state index is 0.0704. The van der Waals surface area contributed by atoms with Crippen molar-refractivity contribution in [3.05, 3.63) is 28.3 Å². The minimum Gasteiger partial charge on any atom is -0.497 e. The number of ether oxygens (including phenoxy) is 2. The van der Waals surface area contributed by atoms with Gasteiger partial charge in [-0.2, -0.15) is 0 Å². The van der Waals surface area contributed by atoms with Crippen LogP contribution in [-0.2, 0) is 0 Å². The molecule has 1 aliphatic rings. The van der Waals surface area contributed by atoms with Gasteiger partial charge in [-0.05, 0) is 18.9 Å². The Labute approximate surface area is 111 Å². The Kier molecular flexibility index (Phi) is 3.90. The van der Waals surface area contributed by atoms with Gasteiger partial charge in [0.25, 0.3) is 0 Å². The van der Waals surface area contributed by atoms with E-state index in [-0.39, 0.29) is 18.0 Å². The van der Waals surface area contributed by atoms with Crippen molar-refractivity contribution in [3.63, 3.8) is 0 Å². The number of hydrogen-bond acceptors (Lipinski definition) is 5. The van der Waals surface area contributed by atoms with E-state index in [9.17, 15) is 15.2 Å². The molecule has 1 aromatic rings. The van der Waals surface area contributed by atoms with Crippen molar-refractivity contribution in [2.75, 3.05) is 13.7 Å². The van der Waals surface area contributed by atoms with E-state index in [2.05, 4.69) is 0 Å². The molecule has 6 heteroatoms. The molecule has 0 aromatic heterocycles. The maximum absolute atomic E-state index is 10.9. The molecule has 0 radical (unpaired) electrons. The average molecular weight is 267 g/mol. The Hall–Kier alpha value is -1.82. The first-order chi connectivity index (χ1) is 9.04. The summed E-state index contributed by atoms with van der Waals surface area (Å²) in [5.41, 5.74) is -0.987. The second-order valence-corrected chi connectivity index (χ2v) is 4.81. The molecule has 1 fully saturated rings. The Bertz CT molecular complexity index is 468. The molecule has 0 spiro atoms. The number of nitro benzene ring substituents is 1. The molecule has 0 aliphatic heterocycles. The van der Waals surface area contributed by atoms with Crippen LogP contribution in [0.3, 0.4) is 0 Å². The van der Waals surface area contributed by atoms with Crippen LogP contribution in [0.5, 0.6) is 11.5 Å². The van der Waals surface area contributed by atoms with Gasteiger partial charge in [0.1, 0.15) is 12.4 Å². The zero-order valence-electron chi connectivity index (χ0n) is 10.8. The van der Waals surface area contributed by atoms with E-state index in [0.29, 0.717) is 18.6 Å². The van der Waals surface area contributed by atoms with Crippen LogP contribution in [0.25, 0.3) is 0 Å². The van der Waals surface area contributed by atoms with Gasteiger partial charge in [-0.1, -0.05) is 12.8 Å². The second kappa shape index (κ2) is 5.44. The fourth-order valence-corrected chi connectivity index (χ4v) is 2.28. The van der Waals surface area contributed by atoms with Crippen LogP contribution in [0.1, 0.15) is 25.7 Å². The summed E-state index contributed by atoms with van der Waals surface area (Å²) in [7, 11) is 1.48. The lowest BCUT2D eigenvalue weighted by atomic mass is 10.0. The fraction of sp³-hybridized carbons (Fsp3) is 0.538. The van der Waals surface area contributed by atoms with Crippen molar-refractivity contribution in [2.24, 2.45) is 0 Å². The first kappa shape index (κ1) is 13.6. The monoisotopic (exact) mass is 267 g/mol. The molecule has 1 saturated carbocycles. The molecule has 1 N–H and O–H groups in total. The summed E-state index contributed by atoms with van der Waals surface area (Å²) < 4.78 is 10.5. The highest BCUT2D eigenvalue weighted by molar-refractivity contribution is 5.50. The topological polar surface area (TPSA) is 81.8 Å². The zero-order chi connectivity index (χ0) is 13.9. The van der Waals surface area contributed by atoms with Gasteiger partial charge in [0.15, 0.2) is 0 Å². The quantitative estimate of drug-likeness (QED) is 0.653. The number of rotatable bonds is 5. The van der Waals surface area contributed by atoms with E-state index in [4.69, 9.17) is 9.47 Å². The van der Waals surface area contributed by atoms with E-state index in [0.717, 1.165) is 12.8 Å². The highest BCUT2D eigenvalue weighted by atomic mass is 16.6. The molecule has 0 unspecified atom stereocenters. The van der Waals surface area contributed by atoms with Gasteiger partial charge in [0, 0.05) is 12.1 Å². The third-order valence-electron chi connectivity index (χ3n) is 3.39. The van der Waals surface area contributed by atoms with Gasteiger partial charge in [-0.15, -0.1) is 0 Å². The molecule has 1 aromatic carbocycles. The third-order valence-corrected chi connectivity index (χ3v) is 3.39. The lowest BCUT2D eigenvalue weighted by Gasteiger charge is -2.22. The molecule has 0 bridgehead atoms. The van der Waals surface area contributed by atoms with Crippen LogP contribution in [0.2, 0.25) is 0 Å². The van der Waals surface area contributed by atoms with E-state index >= 15 is 0 Å². The number of nitro groups is 1. The van der Waals surface area contributed by atoms with Gasteiger partial charge < -0.3 is 14.6 Å². The molecule has 104 valence electrons. The Morgan fingerprint density at radius 2 is 2.11 bits per heavy atom. The molecule has 0 saturated heterocycles. The van der Waals surface area contributed by atoms with Crippen molar-refractivity contribution < 1.29 is 19.5 Å². The van der Waals surface area contributed by atoms with E-state index < -0.39 is 10.5 Å². The number of hydrogen-bond donors (Lipinski definition) is 1. The maximum atomic E-state index is 10.9. The highest BCUT2D eigenvalue weighted by Gasteiger charge is 2.32. The number of nitrogens with zero attached hydrogens (tertiary/aromatic N) is 1. The smallest absolute Gasteiger partial charge is 0.311 e. The summed E-state index contributed by atoms with van der Waals surface area (Å²) in [6.45, 7) is 0.0704. The van der Waals surface area contributed by atoms with Crippen molar-refractivity contribution in [2.45, 2.75) is 31.3 Å². The SMILES string of the molecule is COc1ccc([N+](=O)[O-])c(OCC2(O)CCCC2)c1. The lowest BCUT2D eigenvalue weighted by molar-refractivity contribution is -0.386. The molecule has 0 amide bonds. The van der Waals surface area contributed by atoms with Crippen LogP contribution in [-0.4, -0.2) is 29.3 Å². The first-order valence-electron chi connectivity index (χ1n) is 6.22. The molecular formula is C13H17NO5. The minimum atomic E-state index is -0.864. The Morgan fingerprint density at radius 1 is 1.42 bits per heavy atom. The molecule has 6 nitrogen and oxygen atoms in total. The Morgan fingerprint density at radius 3 is 2.68 bits per heavy atom. The fourth-order valence-electron chi connectivity index (χ4n) is 2.28. The summed E-state index contributed by atoms with van der Waals surface area (Å²) in [4.78, 5) is 10.4. The largest absolute Gasteiger partial charge is 0.497 e. The van der Waals surface area contributed by atoms with Crippen LogP contribution < -0.4 is 9.47 Å². The molecule has 0 heterocycles. The summed E-state index contributed by atoms with van der Waals surface area (Å²) in [5, 5.41) is 21.1. The summed E-state index contributed by atoms with van der Waals surface area (Å²) in [5.74, 6) is 0.615. The number of aliphatic hydroxyl groups is 1. The number of benzene rings is 1. The molecule has 2 rings (SSSR count).